The molecular formula is C30H33ClFN3O4S. The molecule has 3 aromatic rings. The predicted molar refractivity (Wildman–Crippen MR) is 154 cm³/mol. The third-order valence-electron chi connectivity index (χ3n) is 7.20. The van der Waals surface area contributed by atoms with Crippen LogP contribution in [-0.2, 0) is 26.2 Å². The topological polar surface area (TPSA) is 86.8 Å². The monoisotopic (exact) mass is 585 g/mol. The molecule has 1 fully saturated rings. The lowest BCUT2D eigenvalue weighted by Gasteiger charge is -2.33. The van der Waals surface area contributed by atoms with E-state index >= 15 is 0 Å². The molecule has 0 radical (unpaired) electrons. The molecule has 0 aromatic heterocycles. The fourth-order valence-corrected chi connectivity index (χ4v) is 6.46. The highest BCUT2D eigenvalue weighted by molar-refractivity contribution is 7.92. The van der Waals surface area contributed by atoms with E-state index in [0.717, 1.165) is 30.0 Å². The van der Waals surface area contributed by atoms with Crippen LogP contribution in [0.15, 0.2) is 77.7 Å². The van der Waals surface area contributed by atoms with Gasteiger partial charge in [0, 0.05) is 17.6 Å². The van der Waals surface area contributed by atoms with Gasteiger partial charge >= 0.3 is 0 Å². The summed E-state index contributed by atoms with van der Waals surface area (Å²) in [5, 5.41) is 3.41. The Labute approximate surface area is 240 Å². The number of hydrogen-bond acceptors (Lipinski definition) is 4. The first-order valence-electron chi connectivity index (χ1n) is 13.2. The summed E-state index contributed by atoms with van der Waals surface area (Å²) in [5.74, 6) is -1.31. The van der Waals surface area contributed by atoms with E-state index in [-0.39, 0.29) is 23.4 Å². The van der Waals surface area contributed by atoms with Gasteiger partial charge in [-0.05, 0) is 80.3 Å². The Bertz CT molecular complexity index is 1440. The highest BCUT2D eigenvalue weighted by Gasteiger charge is 2.33. The first kappa shape index (κ1) is 29.6. The van der Waals surface area contributed by atoms with E-state index < -0.39 is 34.3 Å². The van der Waals surface area contributed by atoms with E-state index in [2.05, 4.69) is 5.32 Å². The molecule has 1 saturated carbocycles. The molecule has 0 bridgehead atoms. The molecule has 0 unspecified atom stereocenters. The van der Waals surface area contributed by atoms with Crippen molar-refractivity contribution in [2.75, 3.05) is 10.8 Å². The van der Waals surface area contributed by atoms with Crippen LogP contribution in [-0.4, -0.2) is 43.8 Å². The first-order valence-corrected chi connectivity index (χ1v) is 15.1. The summed E-state index contributed by atoms with van der Waals surface area (Å²) < 4.78 is 42.4. The Hall–Kier alpha value is -3.43. The number of halogens is 2. The molecule has 1 aliphatic rings. The van der Waals surface area contributed by atoms with Gasteiger partial charge in [-0.15, -0.1) is 0 Å². The van der Waals surface area contributed by atoms with Crippen molar-refractivity contribution in [2.45, 2.75) is 63.1 Å². The summed E-state index contributed by atoms with van der Waals surface area (Å²) in [5.41, 5.74) is 1.61. The van der Waals surface area contributed by atoms with Crippen molar-refractivity contribution in [1.82, 2.24) is 10.2 Å². The molecule has 0 heterocycles. The first-order chi connectivity index (χ1) is 19.1. The Balaban J connectivity index is 1.69. The molecule has 3 aromatic carbocycles. The average molecular weight is 586 g/mol. The van der Waals surface area contributed by atoms with Crippen molar-refractivity contribution < 1.29 is 22.4 Å². The van der Waals surface area contributed by atoms with E-state index in [4.69, 9.17) is 11.6 Å². The molecule has 10 heteroatoms. The molecule has 4 rings (SSSR count). The van der Waals surface area contributed by atoms with Crippen LogP contribution in [0.3, 0.4) is 0 Å². The van der Waals surface area contributed by atoms with E-state index in [1.165, 1.54) is 41.3 Å². The molecule has 1 aliphatic carbocycles. The second-order valence-corrected chi connectivity index (χ2v) is 12.4. The van der Waals surface area contributed by atoms with Crippen molar-refractivity contribution in [3.05, 3.63) is 94.8 Å². The summed E-state index contributed by atoms with van der Waals surface area (Å²) in [6, 6.07) is 17.4. The number of nitrogens with one attached hydrogen (secondary N) is 1. The number of sulfonamides is 1. The Kier molecular flexibility index (Phi) is 9.48. The SMILES string of the molecule is Cc1ccccc1N(CC(=O)N(Cc1ccc(F)cc1)[C@H](C)C(=O)NC1CCCC1)S(=O)(=O)c1ccc(Cl)cc1. The number of benzene rings is 3. The van der Waals surface area contributed by atoms with Gasteiger partial charge in [0.2, 0.25) is 11.8 Å². The van der Waals surface area contributed by atoms with Crippen LogP contribution >= 0.6 is 11.6 Å². The van der Waals surface area contributed by atoms with Gasteiger partial charge in [0.05, 0.1) is 10.6 Å². The zero-order valence-electron chi connectivity index (χ0n) is 22.5. The Morgan fingerprint density at radius 3 is 2.25 bits per heavy atom. The Morgan fingerprint density at radius 1 is 1.00 bits per heavy atom. The maximum Gasteiger partial charge on any atom is 0.264 e. The fraction of sp³-hybridized carbons (Fsp3) is 0.333. The second kappa shape index (κ2) is 12.8. The van der Waals surface area contributed by atoms with Crippen molar-refractivity contribution in [3.8, 4) is 0 Å². The maximum absolute atomic E-state index is 14.0. The van der Waals surface area contributed by atoms with Gasteiger partial charge < -0.3 is 10.2 Å². The zero-order valence-corrected chi connectivity index (χ0v) is 24.1. The number of para-hydroxylation sites is 1. The maximum atomic E-state index is 14.0. The molecule has 2 amide bonds. The summed E-state index contributed by atoms with van der Waals surface area (Å²) in [6.07, 6.45) is 3.83. The summed E-state index contributed by atoms with van der Waals surface area (Å²) in [4.78, 5) is 28.5. The van der Waals surface area contributed by atoms with Gasteiger partial charge in [0.15, 0.2) is 0 Å². The van der Waals surface area contributed by atoms with Crippen molar-refractivity contribution >= 4 is 39.1 Å². The molecule has 1 atom stereocenters. The van der Waals surface area contributed by atoms with Gasteiger partial charge in [-0.3, -0.25) is 13.9 Å². The summed E-state index contributed by atoms with van der Waals surface area (Å²) in [7, 11) is -4.19. The lowest BCUT2D eigenvalue weighted by Crippen LogP contribution is -2.52. The van der Waals surface area contributed by atoms with Crippen LogP contribution in [0.2, 0.25) is 5.02 Å². The minimum atomic E-state index is -4.19. The summed E-state index contributed by atoms with van der Waals surface area (Å²) in [6.45, 7) is 2.84. The van der Waals surface area contributed by atoms with Gasteiger partial charge in [-0.1, -0.05) is 54.8 Å². The largest absolute Gasteiger partial charge is 0.352 e. The normalized spacial score (nSPS) is 14.5. The number of hydrogen-bond donors (Lipinski definition) is 1. The molecular weight excluding hydrogens is 553 g/mol. The van der Waals surface area contributed by atoms with Gasteiger partial charge in [0.25, 0.3) is 10.0 Å². The number of rotatable bonds is 10. The average Bonchev–Trinajstić information content (AvgIpc) is 3.44. The molecule has 0 spiro atoms. The molecule has 0 saturated heterocycles. The standard InChI is InChI=1S/C30H33ClFN3O4S/c1-21-7-3-6-10-28(21)35(40(38,39)27-17-13-24(31)14-18-27)20-29(36)34(19-23-11-15-25(32)16-12-23)22(2)30(37)33-26-8-4-5-9-26/h3,6-7,10-18,22,26H,4-5,8-9,19-20H2,1-2H3,(H,33,37)/t22-/m1/s1. The third-order valence-corrected chi connectivity index (χ3v) is 9.23. The number of nitrogens with zero attached hydrogens (tertiary/aromatic N) is 2. The van der Waals surface area contributed by atoms with Crippen LogP contribution in [0, 0.1) is 12.7 Å². The van der Waals surface area contributed by atoms with Crippen LogP contribution < -0.4 is 9.62 Å². The van der Waals surface area contributed by atoms with E-state index in [1.54, 1.807) is 50.2 Å². The second-order valence-electron chi connectivity index (χ2n) is 10.1. The van der Waals surface area contributed by atoms with E-state index in [1.807, 2.05) is 0 Å². The highest BCUT2D eigenvalue weighted by atomic mass is 35.5. The molecule has 0 aliphatic heterocycles. The predicted octanol–water partition coefficient (Wildman–Crippen LogP) is 5.46. The van der Waals surface area contributed by atoms with Gasteiger partial charge in [-0.2, -0.15) is 0 Å². The minimum absolute atomic E-state index is 0.000963. The van der Waals surface area contributed by atoms with Crippen LogP contribution in [0.25, 0.3) is 0 Å². The van der Waals surface area contributed by atoms with Crippen molar-refractivity contribution in [1.29, 1.82) is 0 Å². The number of anilines is 1. The minimum Gasteiger partial charge on any atom is -0.352 e. The summed E-state index contributed by atoms with van der Waals surface area (Å²) >= 11 is 5.99. The van der Waals surface area contributed by atoms with E-state index in [9.17, 15) is 22.4 Å². The fourth-order valence-electron chi connectivity index (χ4n) is 4.85. The van der Waals surface area contributed by atoms with Crippen molar-refractivity contribution in [2.24, 2.45) is 0 Å². The van der Waals surface area contributed by atoms with Crippen LogP contribution in [0.1, 0.15) is 43.7 Å². The molecule has 212 valence electrons. The van der Waals surface area contributed by atoms with Gasteiger partial charge in [-0.25, -0.2) is 12.8 Å². The number of carbonyl (C=O) groups is 2. The molecule has 1 N–H and O–H groups in total. The van der Waals surface area contributed by atoms with Crippen LogP contribution in [0.4, 0.5) is 10.1 Å². The van der Waals surface area contributed by atoms with E-state index in [0.29, 0.717) is 21.8 Å². The third kappa shape index (κ3) is 7.01. The molecule has 7 nitrogen and oxygen atoms in total. The van der Waals surface area contributed by atoms with Crippen molar-refractivity contribution in [3.63, 3.8) is 0 Å². The molecule has 40 heavy (non-hydrogen) atoms. The Morgan fingerprint density at radius 2 is 1.62 bits per heavy atom. The quantitative estimate of drug-likeness (QED) is 0.342. The van der Waals surface area contributed by atoms with Crippen LogP contribution in [0.5, 0.6) is 0 Å². The smallest absolute Gasteiger partial charge is 0.264 e. The number of amides is 2. The van der Waals surface area contributed by atoms with Gasteiger partial charge in [0.1, 0.15) is 18.4 Å². The number of aryl methyl sites for hydroxylation is 1. The highest BCUT2D eigenvalue weighted by Crippen LogP contribution is 2.28. The number of carbonyl (C=O) groups excluding carboxylic acids is 2. The zero-order chi connectivity index (χ0) is 28.9. The lowest BCUT2D eigenvalue weighted by atomic mass is 10.1. The lowest BCUT2D eigenvalue weighted by molar-refractivity contribution is -0.139.